The van der Waals surface area contributed by atoms with Crippen LogP contribution in [0.15, 0.2) is 30.3 Å². The van der Waals surface area contributed by atoms with Crippen molar-refractivity contribution in [1.82, 2.24) is 4.90 Å². The van der Waals surface area contributed by atoms with Gasteiger partial charge in [-0.2, -0.15) is 0 Å². The van der Waals surface area contributed by atoms with E-state index >= 15 is 0 Å². The van der Waals surface area contributed by atoms with Gasteiger partial charge in [0.25, 0.3) is 0 Å². The van der Waals surface area contributed by atoms with Crippen molar-refractivity contribution in [2.75, 3.05) is 19.8 Å². The fourth-order valence-electron chi connectivity index (χ4n) is 3.76. The van der Waals surface area contributed by atoms with Crippen molar-refractivity contribution in [3.63, 3.8) is 0 Å². The van der Waals surface area contributed by atoms with Crippen molar-refractivity contribution in [2.24, 2.45) is 0 Å². The number of thiophene rings is 1. The average molecular weight is 424 g/mol. The van der Waals surface area contributed by atoms with Crippen LogP contribution in [0.1, 0.15) is 49.6 Å². The van der Waals surface area contributed by atoms with Crippen molar-refractivity contribution < 1.29 is 19.4 Å². The van der Waals surface area contributed by atoms with Crippen molar-refractivity contribution in [1.29, 1.82) is 0 Å². The molecular weight excluding hydrogens is 398 g/mol. The van der Waals surface area contributed by atoms with Crippen LogP contribution >= 0.6 is 22.9 Å². The SMILES string of the molecule is CCOc1ccc(C(c2ccc(Cl)s2)N2CCCCC2C(=O)O)cc1OCC. The van der Waals surface area contributed by atoms with E-state index in [0.717, 1.165) is 29.8 Å². The number of likely N-dealkylation sites (tertiary alicyclic amines) is 1. The third kappa shape index (κ3) is 4.62. The van der Waals surface area contributed by atoms with Gasteiger partial charge in [0.1, 0.15) is 6.04 Å². The maximum Gasteiger partial charge on any atom is 0.320 e. The topological polar surface area (TPSA) is 59.0 Å². The number of piperidine rings is 1. The molecule has 0 aliphatic carbocycles. The van der Waals surface area contributed by atoms with E-state index in [0.29, 0.717) is 35.5 Å². The highest BCUT2D eigenvalue weighted by atomic mass is 35.5. The van der Waals surface area contributed by atoms with Gasteiger partial charge in [-0.25, -0.2) is 0 Å². The minimum atomic E-state index is -0.775. The quantitative estimate of drug-likeness (QED) is 0.630. The average Bonchev–Trinajstić information content (AvgIpc) is 3.10. The number of carboxylic acid groups (broad SMARTS) is 1. The van der Waals surface area contributed by atoms with Gasteiger partial charge in [0.05, 0.1) is 23.6 Å². The molecule has 3 rings (SSSR count). The van der Waals surface area contributed by atoms with Gasteiger partial charge in [-0.15, -0.1) is 11.3 Å². The molecule has 5 nitrogen and oxygen atoms in total. The summed E-state index contributed by atoms with van der Waals surface area (Å²) in [6.45, 7) is 5.68. The monoisotopic (exact) mass is 423 g/mol. The van der Waals surface area contributed by atoms with Crippen LogP contribution in [-0.4, -0.2) is 41.8 Å². The molecule has 2 heterocycles. The largest absolute Gasteiger partial charge is 0.490 e. The van der Waals surface area contributed by atoms with Crippen molar-refractivity contribution in [3.8, 4) is 11.5 Å². The molecule has 1 aromatic carbocycles. The highest BCUT2D eigenvalue weighted by Crippen LogP contribution is 2.41. The maximum atomic E-state index is 11.9. The summed E-state index contributed by atoms with van der Waals surface area (Å²) in [6, 6.07) is 9.04. The van der Waals surface area contributed by atoms with Gasteiger partial charge in [0.15, 0.2) is 11.5 Å². The molecule has 1 saturated heterocycles. The van der Waals surface area contributed by atoms with Gasteiger partial charge in [0.2, 0.25) is 0 Å². The molecule has 0 saturated carbocycles. The Morgan fingerprint density at radius 1 is 1.21 bits per heavy atom. The highest BCUT2D eigenvalue weighted by molar-refractivity contribution is 7.16. The van der Waals surface area contributed by atoms with Gasteiger partial charge < -0.3 is 14.6 Å². The molecule has 28 heavy (non-hydrogen) atoms. The number of ether oxygens (including phenoxy) is 2. The van der Waals surface area contributed by atoms with Crippen LogP contribution in [0, 0.1) is 0 Å². The van der Waals surface area contributed by atoms with Gasteiger partial charge in [-0.3, -0.25) is 9.69 Å². The van der Waals surface area contributed by atoms with E-state index in [9.17, 15) is 9.90 Å². The lowest BCUT2D eigenvalue weighted by molar-refractivity contribution is -0.145. The van der Waals surface area contributed by atoms with Crippen molar-refractivity contribution in [2.45, 2.75) is 45.2 Å². The molecule has 2 unspecified atom stereocenters. The van der Waals surface area contributed by atoms with Gasteiger partial charge in [-0.05, 0) is 63.1 Å². The van der Waals surface area contributed by atoms with Crippen LogP contribution in [-0.2, 0) is 4.79 Å². The third-order valence-electron chi connectivity index (χ3n) is 4.91. The summed E-state index contributed by atoms with van der Waals surface area (Å²) in [6.07, 6.45) is 2.56. The Labute approximate surface area is 174 Å². The fourth-order valence-corrected chi connectivity index (χ4v) is 4.97. The normalized spacial score (nSPS) is 18.6. The molecule has 1 aliphatic rings. The van der Waals surface area contributed by atoms with Crippen molar-refractivity contribution in [3.05, 3.63) is 45.1 Å². The molecule has 0 spiro atoms. The van der Waals surface area contributed by atoms with Gasteiger partial charge in [0, 0.05) is 4.88 Å². The second-order valence-electron chi connectivity index (χ2n) is 6.70. The first kappa shape index (κ1) is 21.0. The first-order chi connectivity index (χ1) is 13.5. The Hall–Kier alpha value is -1.76. The molecule has 7 heteroatoms. The smallest absolute Gasteiger partial charge is 0.320 e. The molecule has 0 amide bonds. The molecule has 2 atom stereocenters. The molecule has 1 N–H and O–H groups in total. The van der Waals surface area contributed by atoms with E-state index in [1.165, 1.54) is 11.3 Å². The van der Waals surface area contributed by atoms with Gasteiger partial charge >= 0.3 is 5.97 Å². The molecule has 0 bridgehead atoms. The number of rotatable bonds is 8. The second-order valence-corrected chi connectivity index (χ2v) is 8.45. The van der Waals surface area contributed by atoms with Crippen LogP contribution < -0.4 is 9.47 Å². The van der Waals surface area contributed by atoms with Crippen LogP contribution in [0.2, 0.25) is 4.34 Å². The third-order valence-corrected chi connectivity index (χ3v) is 6.19. The van der Waals surface area contributed by atoms with Crippen molar-refractivity contribution >= 4 is 28.9 Å². The molecular formula is C21H26ClNO4S. The standard InChI is InChI=1S/C21H26ClNO4S/c1-3-26-16-9-8-14(13-17(16)27-4-2)20(18-10-11-19(22)28-18)23-12-6-5-7-15(23)21(24)25/h8-11,13,15,20H,3-7,12H2,1-2H3,(H,24,25). The number of halogens is 1. The zero-order valence-electron chi connectivity index (χ0n) is 16.2. The summed E-state index contributed by atoms with van der Waals surface area (Å²) >= 11 is 7.71. The molecule has 2 aromatic rings. The van der Waals surface area contributed by atoms with Crippen LogP contribution in [0.25, 0.3) is 0 Å². The number of nitrogens with zero attached hydrogens (tertiary/aromatic N) is 1. The minimum absolute atomic E-state index is 0.186. The second kappa shape index (κ2) is 9.63. The zero-order valence-corrected chi connectivity index (χ0v) is 17.8. The van der Waals surface area contributed by atoms with Crippen LogP contribution in [0.5, 0.6) is 11.5 Å². The maximum absolute atomic E-state index is 11.9. The van der Waals surface area contributed by atoms with Crippen LogP contribution in [0.3, 0.4) is 0 Å². The number of carbonyl (C=O) groups is 1. The first-order valence-electron chi connectivity index (χ1n) is 9.68. The lowest BCUT2D eigenvalue weighted by Crippen LogP contribution is -2.46. The fraction of sp³-hybridized carbons (Fsp3) is 0.476. The molecule has 0 radical (unpaired) electrons. The Balaban J connectivity index is 2.06. The van der Waals surface area contributed by atoms with E-state index < -0.39 is 12.0 Å². The van der Waals surface area contributed by atoms with E-state index in [1.807, 2.05) is 44.2 Å². The Bertz CT molecular complexity index is 809. The lowest BCUT2D eigenvalue weighted by atomic mass is 9.95. The molecule has 1 aliphatic heterocycles. The number of hydrogen-bond acceptors (Lipinski definition) is 5. The molecule has 152 valence electrons. The highest BCUT2D eigenvalue weighted by Gasteiger charge is 2.36. The summed E-state index contributed by atoms with van der Waals surface area (Å²) < 4.78 is 12.2. The Kier molecular flexibility index (Phi) is 7.21. The predicted octanol–water partition coefficient (Wildman–Crippen LogP) is 5.23. The number of aliphatic carboxylic acids is 1. The van der Waals surface area contributed by atoms with E-state index in [1.54, 1.807) is 0 Å². The number of benzene rings is 1. The van der Waals surface area contributed by atoms with E-state index in [4.69, 9.17) is 21.1 Å². The Morgan fingerprint density at radius 3 is 2.61 bits per heavy atom. The first-order valence-corrected chi connectivity index (χ1v) is 10.9. The summed E-state index contributed by atoms with van der Waals surface area (Å²) in [4.78, 5) is 15.1. The van der Waals surface area contributed by atoms with Crippen LogP contribution in [0.4, 0.5) is 0 Å². The minimum Gasteiger partial charge on any atom is -0.490 e. The van der Waals surface area contributed by atoms with E-state index in [-0.39, 0.29) is 6.04 Å². The summed E-state index contributed by atoms with van der Waals surface area (Å²) in [5.41, 5.74) is 0.985. The zero-order chi connectivity index (χ0) is 20.1. The molecule has 1 fully saturated rings. The lowest BCUT2D eigenvalue weighted by Gasteiger charge is -2.39. The number of carboxylic acids is 1. The summed E-state index contributed by atoms with van der Waals surface area (Å²) in [5.74, 6) is 0.603. The van der Waals surface area contributed by atoms with E-state index in [2.05, 4.69) is 4.90 Å². The predicted molar refractivity (Wildman–Crippen MR) is 112 cm³/mol. The molecule has 1 aromatic heterocycles. The number of hydrogen-bond donors (Lipinski definition) is 1. The summed E-state index contributed by atoms with van der Waals surface area (Å²) in [5, 5.41) is 9.80. The Morgan fingerprint density at radius 2 is 1.96 bits per heavy atom. The van der Waals surface area contributed by atoms with Gasteiger partial charge in [-0.1, -0.05) is 24.1 Å². The summed E-state index contributed by atoms with van der Waals surface area (Å²) in [7, 11) is 0.